The standard InChI is InChI=1S/C12H15BN2O2/c1-15(2)11(16)10(14-12(13)17)8-9-6-4-3-5-7-9/h3-7,10H,8H2,1-2H3,(H,14,17). The molecule has 1 atom stereocenters. The quantitative estimate of drug-likeness (QED) is 0.768. The molecule has 0 saturated heterocycles. The average molecular weight is 230 g/mol. The molecule has 2 radical (unpaired) electrons. The predicted molar refractivity (Wildman–Crippen MR) is 66.9 cm³/mol. The third-order valence-corrected chi connectivity index (χ3v) is 2.34. The summed E-state index contributed by atoms with van der Waals surface area (Å²) in [6.45, 7) is 0. The zero-order valence-corrected chi connectivity index (χ0v) is 10.0. The molecule has 88 valence electrons. The second-order valence-corrected chi connectivity index (χ2v) is 3.98. The average Bonchev–Trinajstić information content (AvgIpc) is 2.28. The summed E-state index contributed by atoms with van der Waals surface area (Å²) in [6, 6.07) is 8.85. The summed E-state index contributed by atoms with van der Waals surface area (Å²) in [4.78, 5) is 24.1. The van der Waals surface area contributed by atoms with Crippen molar-refractivity contribution < 1.29 is 9.59 Å². The van der Waals surface area contributed by atoms with Crippen molar-refractivity contribution in [2.75, 3.05) is 14.1 Å². The third-order valence-electron chi connectivity index (χ3n) is 2.34. The van der Waals surface area contributed by atoms with Crippen molar-refractivity contribution in [1.29, 1.82) is 0 Å². The van der Waals surface area contributed by atoms with Crippen molar-refractivity contribution in [2.24, 2.45) is 0 Å². The maximum Gasteiger partial charge on any atom is 0.244 e. The highest BCUT2D eigenvalue weighted by Crippen LogP contribution is 2.04. The van der Waals surface area contributed by atoms with E-state index in [1.165, 1.54) is 4.90 Å². The van der Waals surface area contributed by atoms with E-state index in [0.29, 0.717) is 6.42 Å². The summed E-state index contributed by atoms with van der Waals surface area (Å²) in [6.07, 6.45) is 0.431. The second kappa shape index (κ2) is 6.08. The Morgan fingerprint density at radius 2 is 1.88 bits per heavy atom. The first-order valence-electron chi connectivity index (χ1n) is 5.31. The Labute approximate surface area is 102 Å². The molecule has 17 heavy (non-hydrogen) atoms. The Bertz CT molecular complexity index is 393. The lowest BCUT2D eigenvalue weighted by atomic mass is 10.0. The van der Waals surface area contributed by atoms with Crippen molar-refractivity contribution in [3.8, 4) is 0 Å². The van der Waals surface area contributed by atoms with Crippen LogP contribution < -0.4 is 5.32 Å². The Balaban J connectivity index is 2.77. The first kappa shape index (κ1) is 13.3. The van der Waals surface area contributed by atoms with E-state index in [1.54, 1.807) is 14.1 Å². The largest absolute Gasteiger partial charge is 0.354 e. The van der Waals surface area contributed by atoms with E-state index in [1.807, 2.05) is 30.3 Å². The van der Waals surface area contributed by atoms with Crippen LogP contribution in [0.2, 0.25) is 0 Å². The number of nitrogens with one attached hydrogen (secondary N) is 1. The number of benzene rings is 1. The molecule has 1 N–H and O–H groups in total. The molecule has 0 heterocycles. The van der Waals surface area contributed by atoms with Gasteiger partial charge in [-0.25, -0.2) is 0 Å². The van der Waals surface area contributed by atoms with Crippen LogP contribution in [-0.4, -0.2) is 44.6 Å². The summed E-state index contributed by atoms with van der Waals surface area (Å²) in [5.41, 5.74) is 0.974. The molecule has 0 spiro atoms. The van der Waals surface area contributed by atoms with Crippen LogP contribution >= 0.6 is 0 Å². The summed E-state index contributed by atoms with van der Waals surface area (Å²) in [7, 11) is 8.35. The molecule has 0 bridgehead atoms. The van der Waals surface area contributed by atoms with Crippen LogP contribution in [-0.2, 0) is 11.2 Å². The molecular weight excluding hydrogens is 215 g/mol. The molecule has 0 aliphatic rings. The van der Waals surface area contributed by atoms with Crippen molar-refractivity contribution in [2.45, 2.75) is 12.5 Å². The molecule has 0 fully saturated rings. The highest BCUT2D eigenvalue weighted by Gasteiger charge is 2.20. The Morgan fingerprint density at radius 1 is 1.29 bits per heavy atom. The molecule has 0 aliphatic heterocycles. The fraction of sp³-hybridized carbons (Fsp3) is 0.333. The third kappa shape index (κ3) is 4.30. The van der Waals surface area contributed by atoms with Gasteiger partial charge in [0, 0.05) is 20.5 Å². The van der Waals surface area contributed by atoms with E-state index in [-0.39, 0.29) is 5.91 Å². The van der Waals surface area contributed by atoms with Gasteiger partial charge in [-0.05, 0) is 5.56 Å². The molecule has 0 saturated carbocycles. The minimum absolute atomic E-state index is 0.173. The normalized spacial score (nSPS) is 11.6. The zero-order valence-electron chi connectivity index (χ0n) is 10.0. The number of rotatable bonds is 4. The van der Waals surface area contributed by atoms with E-state index in [2.05, 4.69) is 5.32 Å². The molecule has 0 aliphatic carbocycles. The van der Waals surface area contributed by atoms with Crippen LogP contribution in [0.25, 0.3) is 0 Å². The summed E-state index contributed by atoms with van der Waals surface area (Å²) in [5.74, 6) is -0.867. The van der Waals surface area contributed by atoms with Crippen LogP contribution in [0.5, 0.6) is 0 Å². The van der Waals surface area contributed by atoms with Crippen LogP contribution in [0.15, 0.2) is 30.3 Å². The summed E-state index contributed by atoms with van der Waals surface area (Å²) >= 11 is 0. The van der Waals surface area contributed by atoms with Crippen LogP contribution in [0.4, 0.5) is 4.79 Å². The van der Waals surface area contributed by atoms with Gasteiger partial charge in [0.05, 0.1) is 0 Å². The summed E-state index contributed by atoms with van der Waals surface area (Å²) in [5, 5.41) is 2.46. The Kier molecular flexibility index (Phi) is 4.76. The van der Waals surface area contributed by atoms with Crippen molar-refractivity contribution in [3.63, 3.8) is 0 Å². The molecule has 1 aromatic carbocycles. The van der Waals surface area contributed by atoms with Crippen LogP contribution in [0.3, 0.4) is 0 Å². The van der Waals surface area contributed by atoms with Gasteiger partial charge < -0.3 is 10.2 Å². The summed E-state index contributed by atoms with van der Waals surface area (Å²) < 4.78 is 0. The Hall–Kier alpha value is -1.78. The zero-order chi connectivity index (χ0) is 12.8. The van der Waals surface area contributed by atoms with E-state index in [9.17, 15) is 9.59 Å². The highest BCUT2D eigenvalue weighted by atomic mass is 16.2. The van der Waals surface area contributed by atoms with Gasteiger partial charge in [-0.15, -0.1) is 0 Å². The van der Waals surface area contributed by atoms with Gasteiger partial charge in [0.25, 0.3) is 0 Å². The van der Waals surface area contributed by atoms with Gasteiger partial charge in [-0.3, -0.25) is 9.59 Å². The minimum Gasteiger partial charge on any atom is -0.354 e. The van der Waals surface area contributed by atoms with Gasteiger partial charge >= 0.3 is 0 Å². The van der Waals surface area contributed by atoms with Crippen molar-refractivity contribution in [1.82, 2.24) is 10.2 Å². The Morgan fingerprint density at radius 3 is 2.35 bits per heavy atom. The maximum absolute atomic E-state index is 11.8. The number of carbonyl (C=O) groups excluding carboxylic acids is 2. The maximum atomic E-state index is 11.8. The SMILES string of the molecule is [B]C(=O)NC(Cc1ccccc1)C(=O)N(C)C. The van der Waals surface area contributed by atoms with Crippen molar-refractivity contribution in [3.05, 3.63) is 35.9 Å². The number of nitrogens with zero attached hydrogens (tertiary/aromatic N) is 1. The van der Waals surface area contributed by atoms with Gasteiger partial charge in [-0.1, -0.05) is 30.3 Å². The van der Waals surface area contributed by atoms with Crippen LogP contribution in [0.1, 0.15) is 5.56 Å². The number of carbonyl (C=O) groups is 2. The van der Waals surface area contributed by atoms with E-state index >= 15 is 0 Å². The van der Waals surface area contributed by atoms with E-state index in [0.717, 1.165) is 5.56 Å². The molecule has 5 heteroatoms. The number of hydrogen-bond donors (Lipinski definition) is 1. The van der Waals surface area contributed by atoms with Gasteiger partial charge in [0.15, 0.2) is 5.81 Å². The molecule has 1 rings (SSSR count). The first-order chi connectivity index (χ1) is 8.00. The number of hydrogen-bond acceptors (Lipinski definition) is 2. The van der Waals surface area contributed by atoms with Crippen LogP contribution in [0, 0.1) is 0 Å². The molecule has 1 aromatic rings. The minimum atomic E-state index is -0.693. The van der Waals surface area contributed by atoms with E-state index in [4.69, 9.17) is 7.85 Å². The fourth-order valence-electron chi connectivity index (χ4n) is 1.53. The molecule has 0 aromatic heterocycles. The van der Waals surface area contributed by atoms with E-state index < -0.39 is 11.8 Å². The molecule has 2 amide bonds. The highest BCUT2D eigenvalue weighted by molar-refractivity contribution is 6.57. The number of amides is 2. The fourth-order valence-corrected chi connectivity index (χ4v) is 1.53. The topological polar surface area (TPSA) is 49.4 Å². The lowest BCUT2D eigenvalue weighted by Gasteiger charge is -2.21. The monoisotopic (exact) mass is 230 g/mol. The predicted octanol–water partition coefficient (Wildman–Crippen LogP) is 0.564. The molecule has 4 nitrogen and oxygen atoms in total. The van der Waals surface area contributed by atoms with Gasteiger partial charge in [0.1, 0.15) is 6.04 Å². The lowest BCUT2D eigenvalue weighted by molar-refractivity contribution is -0.130. The lowest BCUT2D eigenvalue weighted by Crippen LogP contribution is -2.47. The van der Waals surface area contributed by atoms with Gasteiger partial charge in [-0.2, -0.15) is 0 Å². The van der Waals surface area contributed by atoms with Crippen molar-refractivity contribution >= 4 is 19.6 Å². The first-order valence-corrected chi connectivity index (χ1v) is 5.31. The molecule has 1 unspecified atom stereocenters. The number of likely N-dealkylation sites (N-methyl/N-ethyl adjacent to an activating group) is 1. The second-order valence-electron chi connectivity index (χ2n) is 3.98. The molecular formula is C12H15BN2O2. The smallest absolute Gasteiger partial charge is 0.244 e. The van der Waals surface area contributed by atoms with Gasteiger partial charge in [0.2, 0.25) is 13.8 Å².